The van der Waals surface area contributed by atoms with E-state index in [4.69, 9.17) is 4.98 Å². The monoisotopic (exact) mass is 674 g/mol. The molecule has 2 aliphatic rings. The molecule has 9 aromatic rings. The van der Waals surface area contributed by atoms with Crippen molar-refractivity contribution in [2.45, 2.75) is 12.5 Å². The second kappa shape index (κ2) is 11.9. The molecule has 0 spiro atoms. The van der Waals surface area contributed by atoms with Gasteiger partial charge in [-0.15, -0.1) is 0 Å². The van der Waals surface area contributed by atoms with Crippen LogP contribution >= 0.6 is 0 Å². The molecule has 0 aliphatic heterocycles. The largest absolute Gasteiger partial charge is 0.317 e. The van der Waals surface area contributed by atoms with Gasteiger partial charge in [-0.3, -0.25) is 0 Å². The zero-order chi connectivity index (χ0) is 34.9. The lowest BCUT2D eigenvalue weighted by Gasteiger charge is -2.20. The molecule has 2 heteroatoms. The smallest absolute Gasteiger partial charge is 0.141 e. The summed E-state index contributed by atoms with van der Waals surface area (Å²) >= 11 is 0. The molecule has 0 bridgehead atoms. The third kappa shape index (κ3) is 4.55. The molecule has 0 saturated carbocycles. The first-order chi connectivity index (χ1) is 26.3. The van der Waals surface area contributed by atoms with E-state index >= 15 is 0 Å². The third-order valence-electron chi connectivity index (χ3n) is 11.2. The van der Waals surface area contributed by atoms with Crippen LogP contribution in [0.4, 0.5) is 0 Å². The highest BCUT2D eigenvalue weighted by atomic mass is 15.1. The summed E-state index contributed by atoms with van der Waals surface area (Å²) in [5.41, 5.74) is 16.1. The molecule has 53 heavy (non-hydrogen) atoms. The molecule has 11 rings (SSSR count). The fourth-order valence-corrected chi connectivity index (χ4v) is 9.03. The SMILES string of the molecule is C1=CCC(n2c(-c3cccc(-c4ccc5c6c(cccc46)-c4c-5c(-c5ccccc5)c5ccccc5c4-c4ccccc4)c3)nc3ccccc32)C=C1. The van der Waals surface area contributed by atoms with E-state index < -0.39 is 0 Å². The number of rotatable bonds is 5. The Balaban J connectivity index is 1.16. The minimum absolute atomic E-state index is 0.217. The third-order valence-corrected chi connectivity index (χ3v) is 11.2. The molecule has 0 amide bonds. The van der Waals surface area contributed by atoms with Crippen molar-refractivity contribution >= 4 is 32.6 Å². The van der Waals surface area contributed by atoms with Crippen LogP contribution < -0.4 is 0 Å². The summed E-state index contributed by atoms with van der Waals surface area (Å²) in [6, 6.07) is 60.2. The van der Waals surface area contributed by atoms with Crippen LogP contribution in [0.2, 0.25) is 0 Å². The zero-order valence-electron chi connectivity index (χ0n) is 29.1. The first-order valence-electron chi connectivity index (χ1n) is 18.5. The Morgan fingerprint density at radius 3 is 1.75 bits per heavy atom. The number of hydrogen-bond acceptors (Lipinski definition) is 1. The van der Waals surface area contributed by atoms with Gasteiger partial charge in [0.1, 0.15) is 5.82 Å². The number of benzene rings is 8. The fraction of sp³-hybridized carbons (Fsp3) is 0.0392. The van der Waals surface area contributed by atoms with Gasteiger partial charge in [0.15, 0.2) is 0 Å². The number of hydrogen-bond donors (Lipinski definition) is 0. The van der Waals surface area contributed by atoms with Crippen LogP contribution in [0.1, 0.15) is 12.5 Å². The van der Waals surface area contributed by atoms with Gasteiger partial charge in [-0.2, -0.15) is 0 Å². The molecule has 2 aliphatic carbocycles. The van der Waals surface area contributed by atoms with Crippen molar-refractivity contribution in [2.75, 3.05) is 0 Å². The minimum Gasteiger partial charge on any atom is -0.317 e. The molecule has 0 N–H and O–H groups in total. The zero-order valence-corrected chi connectivity index (χ0v) is 29.1. The van der Waals surface area contributed by atoms with Crippen molar-refractivity contribution in [3.8, 4) is 67.0 Å². The molecule has 1 aromatic heterocycles. The fourth-order valence-electron chi connectivity index (χ4n) is 9.03. The van der Waals surface area contributed by atoms with E-state index in [9.17, 15) is 0 Å². The van der Waals surface area contributed by atoms with Gasteiger partial charge in [-0.1, -0.05) is 170 Å². The van der Waals surface area contributed by atoms with E-state index in [1.807, 2.05) is 0 Å². The van der Waals surface area contributed by atoms with Gasteiger partial charge >= 0.3 is 0 Å². The van der Waals surface area contributed by atoms with Gasteiger partial charge in [-0.25, -0.2) is 4.98 Å². The quantitative estimate of drug-likeness (QED) is 0.178. The molecule has 8 aromatic carbocycles. The van der Waals surface area contributed by atoms with Gasteiger partial charge < -0.3 is 4.57 Å². The Hall–Kier alpha value is -6.77. The van der Waals surface area contributed by atoms with Gasteiger partial charge in [0, 0.05) is 5.56 Å². The van der Waals surface area contributed by atoms with Crippen LogP contribution in [-0.4, -0.2) is 9.55 Å². The first kappa shape index (κ1) is 29.9. The Labute approximate surface area is 308 Å². The maximum absolute atomic E-state index is 5.23. The van der Waals surface area contributed by atoms with Crippen LogP contribution in [-0.2, 0) is 0 Å². The average molecular weight is 675 g/mol. The van der Waals surface area contributed by atoms with Crippen molar-refractivity contribution in [3.63, 3.8) is 0 Å². The molecule has 0 saturated heterocycles. The Bertz CT molecular complexity index is 2870. The molecule has 248 valence electrons. The number of imidazole rings is 1. The molecular formula is C51H34N2. The van der Waals surface area contributed by atoms with E-state index in [1.165, 1.54) is 77.2 Å². The normalized spacial score (nSPS) is 14.4. The Morgan fingerprint density at radius 1 is 0.453 bits per heavy atom. The molecule has 2 nitrogen and oxygen atoms in total. The van der Waals surface area contributed by atoms with E-state index in [0.717, 1.165) is 28.8 Å². The van der Waals surface area contributed by atoms with Crippen LogP contribution in [0.3, 0.4) is 0 Å². The lowest BCUT2D eigenvalue weighted by atomic mass is 9.82. The van der Waals surface area contributed by atoms with Crippen molar-refractivity contribution in [1.82, 2.24) is 9.55 Å². The van der Waals surface area contributed by atoms with E-state index in [-0.39, 0.29) is 6.04 Å². The maximum atomic E-state index is 5.23. The highest BCUT2D eigenvalue weighted by molar-refractivity contribution is 6.28. The standard InChI is InChI=1S/C51H34N2/c1-4-16-33(17-5-1)46-40-24-10-11-25-41(40)47(34-18-6-2-7-19-34)50-43-31-30-38(39-26-15-27-42(48(39)43)49(46)50)35-20-14-21-36(32-35)51-52-44-28-12-13-29-45(44)53(51)37-22-8-3-9-23-37/h1-22,24-32,37H,23H2. The van der Waals surface area contributed by atoms with E-state index in [0.29, 0.717) is 0 Å². The second-order valence-electron chi connectivity index (χ2n) is 14.2. The summed E-state index contributed by atoms with van der Waals surface area (Å²) in [7, 11) is 0. The highest BCUT2D eigenvalue weighted by Crippen LogP contribution is 2.58. The summed E-state index contributed by atoms with van der Waals surface area (Å²) in [4.78, 5) is 5.23. The summed E-state index contributed by atoms with van der Waals surface area (Å²) in [5, 5.41) is 5.14. The number of allylic oxidation sites excluding steroid dienone is 4. The van der Waals surface area contributed by atoms with Crippen LogP contribution in [0.25, 0.3) is 99.6 Å². The summed E-state index contributed by atoms with van der Waals surface area (Å²) in [6.07, 6.45) is 9.78. The molecule has 1 heterocycles. The molecular weight excluding hydrogens is 641 g/mol. The topological polar surface area (TPSA) is 17.8 Å². The van der Waals surface area contributed by atoms with Crippen LogP contribution in [0, 0.1) is 0 Å². The van der Waals surface area contributed by atoms with Gasteiger partial charge in [0.25, 0.3) is 0 Å². The van der Waals surface area contributed by atoms with Crippen molar-refractivity contribution in [2.24, 2.45) is 0 Å². The summed E-state index contributed by atoms with van der Waals surface area (Å²) in [5.74, 6) is 1.00. The number of fused-ring (bicyclic) bond motifs is 5. The predicted molar refractivity (Wildman–Crippen MR) is 223 cm³/mol. The molecule has 0 radical (unpaired) electrons. The maximum Gasteiger partial charge on any atom is 0.141 e. The van der Waals surface area contributed by atoms with Crippen LogP contribution in [0.15, 0.2) is 188 Å². The van der Waals surface area contributed by atoms with E-state index in [2.05, 4.69) is 193 Å². The predicted octanol–water partition coefficient (Wildman–Crippen LogP) is 13.7. The lowest BCUT2D eigenvalue weighted by molar-refractivity contribution is 0.631. The lowest BCUT2D eigenvalue weighted by Crippen LogP contribution is -2.09. The van der Waals surface area contributed by atoms with Gasteiger partial charge in [0.05, 0.1) is 17.1 Å². The summed E-state index contributed by atoms with van der Waals surface area (Å²) < 4.78 is 2.42. The van der Waals surface area contributed by atoms with Crippen molar-refractivity contribution in [3.05, 3.63) is 188 Å². The first-order valence-corrected chi connectivity index (χ1v) is 18.5. The number of nitrogens with zero attached hydrogens (tertiary/aromatic N) is 2. The minimum atomic E-state index is 0.217. The van der Waals surface area contributed by atoms with Gasteiger partial charge in [-0.05, 0) is 102 Å². The Kier molecular flexibility index (Phi) is 6.72. The number of para-hydroxylation sites is 2. The van der Waals surface area contributed by atoms with Crippen LogP contribution in [0.5, 0.6) is 0 Å². The average Bonchev–Trinajstić information content (AvgIpc) is 3.78. The van der Waals surface area contributed by atoms with Crippen molar-refractivity contribution in [1.29, 1.82) is 0 Å². The molecule has 1 atom stereocenters. The second-order valence-corrected chi connectivity index (χ2v) is 14.2. The highest BCUT2D eigenvalue weighted by Gasteiger charge is 2.31. The Morgan fingerprint density at radius 2 is 1.04 bits per heavy atom. The van der Waals surface area contributed by atoms with E-state index in [1.54, 1.807) is 0 Å². The van der Waals surface area contributed by atoms with Gasteiger partial charge in [0.2, 0.25) is 0 Å². The summed E-state index contributed by atoms with van der Waals surface area (Å²) in [6.45, 7) is 0. The van der Waals surface area contributed by atoms with Crippen molar-refractivity contribution < 1.29 is 0 Å². The molecule has 0 fully saturated rings. The number of aromatic nitrogens is 2. The molecule has 1 unspecified atom stereocenters.